The van der Waals surface area contributed by atoms with E-state index in [0.29, 0.717) is 23.3 Å². The molecular formula is C14H21ClO2. The summed E-state index contributed by atoms with van der Waals surface area (Å²) < 4.78 is 5.70. The van der Waals surface area contributed by atoms with Crippen LogP contribution in [0.1, 0.15) is 45.3 Å². The Bertz CT molecular complexity index is 346. The van der Waals surface area contributed by atoms with Crippen LogP contribution in [0.3, 0.4) is 0 Å². The number of ether oxygens (including phenoxy) is 1. The lowest BCUT2D eigenvalue weighted by molar-refractivity contribution is 0.199. The van der Waals surface area contributed by atoms with E-state index >= 15 is 0 Å². The molecule has 0 aliphatic heterocycles. The average Bonchev–Trinajstić information content (AvgIpc) is 2.31. The Labute approximate surface area is 109 Å². The smallest absolute Gasteiger partial charge is 0.137 e. The lowest BCUT2D eigenvalue weighted by Crippen LogP contribution is -2.10. The highest BCUT2D eigenvalue weighted by molar-refractivity contribution is 6.32. The van der Waals surface area contributed by atoms with Crippen molar-refractivity contribution >= 4 is 11.6 Å². The van der Waals surface area contributed by atoms with E-state index in [1.54, 1.807) is 13.0 Å². The van der Waals surface area contributed by atoms with Gasteiger partial charge < -0.3 is 9.84 Å². The highest BCUT2D eigenvalue weighted by atomic mass is 35.5. The van der Waals surface area contributed by atoms with Crippen LogP contribution in [0, 0.1) is 5.92 Å². The summed E-state index contributed by atoms with van der Waals surface area (Å²) in [7, 11) is 0. The summed E-state index contributed by atoms with van der Waals surface area (Å²) >= 11 is 6.11. The number of hydrogen-bond acceptors (Lipinski definition) is 2. The van der Waals surface area contributed by atoms with Gasteiger partial charge in [0, 0.05) is 0 Å². The van der Waals surface area contributed by atoms with Crippen LogP contribution in [0.5, 0.6) is 5.75 Å². The molecule has 0 heterocycles. The van der Waals surface area contributed by atoms with Crippen LogP contribution < -0.4 is 4.74 Å². The highest BCUT2D eigenvalue weighted by Crippen LogP contribution is 2.28. The summed E-state index contributed by atoms with van der Waals surface area (Å²) in [6, 6.07) is 5.43. The molecule has 0 fully saturated rings. The summed E-state index contributed by atoms with van der Waals surface area (Å²) in [6.45, 7) is 6.74. The number of aliphatic hydroxyl groups excluding tert-OH is 1. The molecule has 0 bridgehead atoms. The van der Waals surface area contributed by atoms with Gasteiger partial charge in [0.15, 0.2) is 0 Å². The third-order valence-electron chi connectivity index (χ3n) is 3.07. The fourth-order valence-electron chi connectivity index (χ4n) is 1.63. The van der Waals surface area contributed by atoms with Gasteiger partial charge >= 0.3 is 0 Å². The van der Waals surface area contributed by atoms with Crippen molar-refractivity contribution in [3.63, 3.8) is 0 Å². The van der Waals surface area contributed by atoms with Crippen molar-refractivity contribution in [1.82, 2.24) is 0 Å². The number of halogens is 1. The Hall–Kier alpha value is -0.730. The lowest BCUT2D eigenvalue weighted by atomic mass is 10.1. The van der Waals surface area contributed by atoms with Crippen molar-refractivity contribution in [3.8, 4) is 5.75 Å². The maximum atomic E-state index is 9.43. The fourth-order valence-corrected chi connectivity index (χ4v) is 1.87. The van der Waals surface area contributed by atoms with Crippen LogP contribution in [0.15, 0.2) is 18.2 Å². The quantitative estimate of drug-likeness (QED) is 0.826. The third kappa shape index (κ3) is 4.21. The van der Waals surface area contributed by atoms with E-state index in [-0.39, 0.29) is 0 Å². The minimum atomic E-state index is -0.499. The van der Waals surface area contributed by atoms with Gasteiger partial charge in [-0.1, -0.05) is 44.4 Å². The Morgan fingerprint density at radius 2 is 1.94 bits per heavy atom. The Balaban J connectivity index is 2.66. The summed E-state index contributed by atoms with van der Waals surface area (Å²) in [5.74, 6) is 1.27. The molecule has 0 aromatic heterocycles. The molecule has 2 nitrogen and oxygen atoms in total. The van der Waals surface area contributed by atoms with Gasteiger partial charge in [-0.25, -0.2) is 0 Å². The summed E-state index contributed by atoms with van der Waals surface area (Å²) in [5, 5.41) is 10.00. The minimum Gasteiger partial charge on any atom is -0.492 e. The zero-order chi connectivity index (χ0) is 12.8. The summed E-state index contributed by atoms with van der Waals surface area (Å²) in [6.07, 6.45) is 1.72. The van der Waals surface area contributed by atoms with Gasteiger partial charge in [-0.15, -0.1) is 0 Å². The van der Waals surface area contributed by atoms with Crippen molar-refractivity contribution in [3.05, 3.63) is 28.8 Å². The van der Waals surface area contributed by atoms with E-state index < -0.39 is 6.10 Å². The number of hydrogen-bond donors (Lipinski definition) is 1. The molecular weight excluding hydrogens is 236 g/mol. The third-order valence-corrected chi connectivity index (χ3v) is 3.36. The molecule has 0 aliphatic carbocycles. The van der Waals surface area contributed by atoms with E-state index in [2.05, 4.69) is 13.8 Å². The normalized spacial score (nSPS) is 12.8. The second-order valence-corrected chi connectivity index (χ2v) is 4.77. The van der Waals surface area contributed by atoms with Gasteiger partial charge in [0.25, 0.3) is 0 Å². The van der Waals surface area contributed by atoms with Crippen LogP contribution >= 0.6 is 11.6 Å². The molecule has 96 valence electrons. The Kier molecular flexibility index (Phi) is 5.79. The molecule has 17 heavy (non-hydrogen) atoms. The topological polar surface area (TPSA) is 29.5 Å². The highest BCUT2D eigenvalue weighted by Gasteiger charge is 2.09. The van der Waals surface area contributed by atoms with Crippen molar-refractivity contribution in [1.29, 1.82) is 0 Å². The fraction of sp³-hybridized carbons (Fsp3) is 0.571. The van der Waals surface area contributed by atoms with Gasteiger partial charge in [0.2, 0.25) is 0 Å². The van der Waals surface area contributed by atoms with Gasteiger partial charge in [-0.05, 0) is 30.5 Å². The first kappa shape index (κ1) is 14.3. The average molecular weight is 257 g/mol. The van der Waals surface area contributed by atoms with Crippen LogP contribution in [0.2, 0.25) is 5.02 Å². The second kappa shape index (κ2) is 6.87. The first-order valence-corrected chi connectivity index (χ1v) is 6.56. The molecule has 3 heteroatoms. The zero-order valence-corrected chi connectivity index (χ0v) is 11.5. The minimum absolute atomic E-state index is 0.499. The monoisotopic (exact) mass is 256 g/mol. The predicted molar refractivity (Wildman–Crippen MR) is 71.7 cm³/mol. The number of benzene rings is 1. The first-order valence-electron chi connectivity index (χ1n) is 6.18. The maximum absolute atomic E-state index is 9.43. The molecule has 1 atom stereocenters. The van der Waals surface area contributed by atoms with E-state index in [4.69, 9.17) is 16.3 Å². The standard InChI is InChI=1S/C14H21ClO2/c1-4-11(5-2)9-17-14-7-6-12(10(3)16)8-13(14)15/h6-8,10-11,16H,4-5,9H2,1-3H3/t10-/m1/s1. The molecule has 1 aromatic carbocycles. The molecule has 0 amide bonds. The van der Waals surface area contributed by atoms with Gasteiger partial charge in [0.1, 0.15) is 5.75 Å². The van der Waals surface area contributed by atoms with Crippen LogP contribution in [-0.2, 0) is 0 Å². The first-order chi connectivity index (χ1) is 8.08. The van der Waals surface area contributed by atoms with Crippen molar-refractivity contribution < 1.29 is 9.84 Å². The van der Waals surface area contributed by atoms with Crippen LogP contribution in [-0.4, -0.2) is 11.7 Å². The molecule has 0 spiro atoms. The molecule has 0 unspecified atom stereocenters. The van der Waals surface area contributed by atoms with Crippen molar-refractivity contribution in [2.75, 3.05) is 6.61 Å². The van der Waals surface area contributed by atoms with E-state index in [0.717, 1.165) is 18.4 Å². The summed E-state index contributed by atoms with van der Waals surface area (Å²) in [4.78, 5) is 0. The Morgan fingerprint density at radius 3 is 2.41 bits per heavy atom. The van der Waals surface area contributed by atoms with E-state index in [1.165, 1.54) is 0 Å². The SMILES string of the molecule is CCC(CC)COc1ccc([C@@H](C)O)cc1Cl. The van der Waals surface area contributed by atoms with E-state index in [9.17, 15) is 5.11 Å². The molecule has 1 rings (SSSR count). The molecule has 1 aromatic rings. The van der Waals surface area contributed by atoms with Gasteiger partial charge in [-0.3, -0.25) is 0 Å². The molecule has 0 aliphatic rings. The largest absolute Gasteiger partial charge is 0.492 e. The number of rotatable bonds is 6. The van der Waals surface area contributed by atoms with Gasteiger partial charge in [0.05, 0.1) is 17.7 Å². The molecule has 0 saturated carbocycles. The lowest BCUT2D eigenvalue weighted by Gasteiger charge is -2.15. The van der Waals surface area contributed by atoms with E-state index in [1.807, 2.05) is 12.1 Å². The molecule has 1 N–H and O–H groups in total. The number of aliphatic hydroxyl groups is 1. The second-order valence-electron chi connectivity index (χ2n) is 4.36. The zero-order valence-electron chi connectivity index (χ0n) is 10.7. The van der Waals surface area contributed by atoms with Crippen molar-refractivity contribution in [2.45, 2.75) is 39.7 Å². The predicted octanol–water partition coefficient (Wildman–Crippen LogP) is 4.21. The van der Waals surface area contributed by atoms with Gasteiger partial charge in [-0.2, -0.15) is 0 Å². The Morgan fingerprint density at radius 1 is 1.29 bits per heavy atom. The molecule has 0 radical (unpaired) electrons. The molecule has 0 saturated heterocycles. The summed E-state index contributed by atoms with van der Waals surface area (Å²) in [5.41, 5.74) is 0.810. The van der Waals surface area contributed by atoms with Crippen LogP contribution in [0.25, 0.3) is 0 Å². The maximum Gasteiger partial charge on any atom is 0.137 e. The van der Waals surface area contributed by atoms with Crippen LogP contribution in [0.4, 0.5) is 0 Å². The van der Waals surface area contributed by atoms with Crippen molar-refractivity contribution in [2.24, 2.45) is 5.92 Å².